The molecule has 0 spiro atoms. The Kier molecular flexibility index (Phi) is 4.10. The molecule has 90 valence electrons. The van der Waals surface area contributed by atoms with Crippen LogP contribution >= 0.6 is 23.4 Å². The highest BCUT2D eigenvalue weighted by Crippen LogP contribution is 2.31. The smallest absolute Gasteiger partial charge is 0.260 e. The van der Waals surface area contributed by atoms with Crippen LogP contribution in [0.25, 0.3) is 0 Å². The molecule has 0 atom stereocenters. The second-order valence-electron chi connectivity index (χ2n) is 3.65. The van der Waals surface area contributed by atoms with Gasteiger partial charge in [0.05, 0.1) is 5.69 Å². The van der Waals surface area contributed by atoms with Crippen molar-refractivity contribution in [1.82, 2.24) is 4.98 Å². The van der Waals surface area contributed by atoms with Crippen LogP contribution in [0.3, 0.4) is 0 Å². The molecule has 3 nitrogen and oxygen atoms in total. The highest BCUT2D eigenvalue weighted by molar-refractivity contribution is 7.99. The molecule has 0 aliphatic heterocycles. The fourth-order valence-corrected chi connectivity index (χ4v) is 2.57. The summed E-state index contributed by atoms with van der Waals surface area (Å²) < 4.78 is 5.32. The van der Waals surface area contributed by atoms with E-state index in [0.29, 0.717) is 11.8 Å². The zero-order chi connectivity index (χ0) is 12.3. The average molecular weight is 269 g/mol. The second kappa shape index (κ2) is 5.58. The molecule has 5 heteroatoms. The minimum Gasteiger partial charge on any atom is -0.439 e. The first-order chi connectivity index (χ1) is 8.19. The number of nitrogens with zero attached hydrogens (tertiary/aromatic N) is 1. The van der Waals surface area contributed by atoms with E-state index in [9.17, 15) is 0 Å². The number of nitrogens with two attached hydrogens (primary N) is 1. The number of halogens is 1. The maximum Gasteiger partial charge on any atom is 0.260 e. The summed E-state index contributed by atoms with van der Waals surface area (Å²) in [6.45, 7) is 2.49. The van der Waals surface area contributed by atoms with Crippen molar-refractivity contribution in [1.29, 1.82) is 0 Å². The number of oxazole rings is 1. The summed E-state index contributed by atoms with van der Waals surface area (Å²) in [5.74, 6) is 0. The van der Waals surface area contributed by atoms with E-state index in [2.05, 4.69) is 4.98 Å². The zero-order valence-electron chi connectivity index (χ0n) is 9.44. The first-order valence-corrected chi connectivity index (χ1v) is 6.47. The van der Waals surface area contributed by atoms with Gasteiger partial charge < -0.3 is 10.2 Å². The number of aryl methyl sites for hydroxylation is 1. The van der Waals surface area contributed by atoms with E-state index in [1.165, 1.54) is 11.8 Å². The minimum atomic E-state index is 0.596. The largest absolute Gasteiger partial charge is 0.439 e. The molecule has 0 saturated heterocycles. The van der Waals surface area contributed by atoms with Crippen molar-refractivity contribution in [2.24, 2.45) is 5.73 Å². The van der Waals surface area contributed by atoms with Gasteiger partial charge in [-0.25, -0.2) is 4.98 Å². The third-order valence-electron chi connectivity index (χ3n) is 2.23. The molecule has 0 bridgehead atoms. The van der Waals surface area contributed by atoms with Crippen LogP contribution in [0.1, 0.15) is 11.3 Å². The average Bonchev–Trinajstić information content (AvgIpc) is 2.69. The number of hydrogen-bond acceptors (Lipinski definition) is 4. The molecule has 0 aliphatic rings. The molecule has 0 unspecified atom stereocenters. The predicted octanol–water partition coefficient (Wildman–Crippen LogP) is 3.29. The maximum atomic E-state index is 5.97. The van der Waals surface area contributed by atoms with Gasteiger partial charge in [-0.2, -0.15) is 0 Å². The van der Waals surface area contributed by atoms with Crippen molar-refractivity contribution in [3.63, 3.8) is 0 Å². The summed E-state index contributed by atoms with van der Waals surface area (Å²) in [5, 5.41) is 1.37. The Balaban J connectivity index is 2.25. The topological polar surface area (TPSA) is 52.0 Å². The summed E-state index contributed by atoms with van der Waals surface area (Å²) in [6.07, 6.45) is 2.43. The first-order valence-electron chi connectivity index (χ1n) is 5.27. The third kappa shape index (κ3) is 3.25. The molecule has 1 aromatic carbocycles. The van der Waals surface area contributed by atoms with Crippen molar-refractivity contribution < 1.29 is 4.42 Å². The van der Waals surface area contributed by atoms with E-state index < -0.39 is 0 Å². The van der Waals surface area contributed by atoms with Gasteiger partial charge in [-0.3, -0.25) is 0 Å². The summed E-state index contributed by atoms with van der Waals surface area (Å²) >= 11 is 7.46. The van der Waals surface area contributed by atoms with E-state index in [1.54, 1.807) is 6.26 Å². The van der Waals surface area contributed by atoms with E-state index >= 15 is 0 Å². The van der Waals surface area contributed by atoms with Crippen LogP contribution in [0.15, 0.2) is 39.0 Å². The predicted molar refractivity (Wildman–Crippen MR) is 69.6 cm³/mol. The van der Waals surface area contributed by atoms with Crippen LogP contribution in [0.4, 0.5) is 0 Å². The summed E-state index contributed by atoms with van der Waals surface area (Å²) in [7, 11) is 0. The van der Waals surface area contributed by atoms with E-state index in [1.807, 2.05) is 25.1 Å². The van der Waals surface area contributed by atoms with Crippen LogP contribution in [0.2, 0.25) is 5.02 Å². The van der Waals surface area contributed by atoms with Gasteiger partial charge >= 0.3 is 0 Å². The van der Waals surface area contributed by atoms with Crippen molar-refractivity contribution in [2.45, 2.75) is 23.5 Å². The van der Waals surface area contributed by atoms with Gasteiger partial charge in [0, 0.05) is 9.92 Å². The highest BCUT2D eigenvalue weighted by atomic mass is 35.5. The van der Waals surface area contributed by atoms with Gasteiger partial charge in [-0.1, -0.05) is 11.6 Å². The van der Waals surface area contributed by atoms with Gasteiger partial charge in [0.15, 0.2) is 0 Å². The van der Waals surface area contributed by atoms with Crippen LogP contribution in [-0.2, 0) is 6.42 Å². The zero-order valence-corrected chi connectivity index (χ0v) is 11.0. The molecule has 2 rings (SSSR count). The van der Waals surface area contributed by atoms with Crippen LogP contribution < -0.4 is 5.73 Å². The van der Waals surface area contributed by atoms with Crippen molar-refractivity contribution in [3.8, 4) is 0 Å². The Hall–Kier alpha value is -0.970. The molecule has 1 aromatic heterocycles. The fraction of sp³-hybridized carbons (Fsp3) is 0.250. The van der Waals surface area contributed by atoms with Gasteiger partial charge in [0.2, 0.25) is 0 Å². The Morgan fingerprint density at radius 1 is 1.47 bits per heavy atom. The molecule has 2 N–H and O–H groups in total. The van der Waals surface area contributed by atoms with E-state index in [4.69, 9.17) is 21.8 Å². The summed E-state index contributed by atoms with van der Waals surface area (Å²) in [6, 6.07) is 5.77. The lowest BCUT2D eigenvalue weighted by Crippen LogP contribution is -2.03. The SMILES string of the molecule is Cc1coc(Sc2ccc(Cl)cc2CCN)n1. The standard InChI is InChI=1S/C12H13ClN2OS/c1-8-7-16-12(15-8)17-11-3-2-10(13)6-9(11)4-5-14/h2-3,6-7H,4-5,14H2,1H3. The van der Waals surface area contributed by atoms with Gasteiger partial charge in [0.1, 0.15) is 6.26 Å². The molecule has 17 heavy (non-hydrogen) atoms. The molecule has 1 heterocycles. The fourth-order valence-electron chi connectivity index (χ4n) is 1.47. The summed E-state index contributed by atoms with van der Waals surface area (Å²) in [5.41, 5.74) is 7.59. The molecule has 0 radical (unpaired) electrons. The van der Waals surface area contributed by atoms with Crippen LogP contribution in [0.5, 0.6) is 0 Å². The summed E-state index contributed by atoms with van der Waals surface area (Å²) in [4.78, 5) is 5.35. The molecule has 0 aliphatic carbocycles. The van der Waals surface area contributed by atoms with E-state index in [0.717, 1.165) is 27.6 Å². The lowest BCUT2D eigenvalue weighted by molar-refractivity contribution is 0.454. The van der Waals surface area contributed by atoms with Gasteiger partial charge in [-0.05, 0) is 55.4 Å². The first kappa shape index (κ1) is 12.5. The molecule has 0 fully saturated rings. The lowest BCUT2D eigenvalue weighted by Gasteiger charge is -2.06. The number of hydrogen-bond donors (Lipinski definition) is 1. The van der Waals surface area contributed by atoms with Crippen LogP contribution in [-0.4, -0.2) is 11.5 Å². The molecular formula is C12H13ClN2OS. The Labute approximate surface area is 109 Å². The second-order valence-corrected chi connectivity index (χ2v) is 5.08. The molecule has 0 amide bonds. The Morgan fingerprint density at radius 2 is 2.29 bits per heavy atom. The van der Waals surface area contributed by atoms with Crippen molar-refractivity contribution in [3.05, 3.63) is 40.7 Å². The number of benzene rings is 1. The number of aromatic nitrogens is 1. The Bertz CT molecular complexity index is 513. The Morgan fingerprint density at radius 3 is 2.94 bits per heavy atom. The van der Waals surface area contributed by atoms with Crippen LogP contribution in [0, 0.1) is 6.92 Å². The van der Waals surface area contributed by atoms with Gasteiger partial charge in [-0.15, -0.1) is 0 Å². The van der Waals surface area contributed by atoms with Gasteiger partial charge in [0.25, 0.3) is 5.22 Å². The molecule has 2 aromatic rings. The van der Waals surface area contributed by atoms with Crippen molar-refractivity contribution >= 4 is 23.4 Å². The monoisotopic (exact) mass is 268 g/mol. The quantitative estimate of drug-likeness (QED) is 0.924. The molecule has 0 saturated carbocycles. The number of rotatable bonds is 4. The van der Waals surface area contributed by atoms with E-state index in [-0.39, 0.29) is 0 Å². The molecular weight excluding hydrogens is 256 g/mol. The maximum absolute atomic E-state index is 5.97. The normalized spacial score (nSPS) is 10.8. The third-order valence-corrected chi connectivity index (χ3v) is 3.45. The minimum absolute atomic E-state index is 0.596. The highest BCUT2D eigenvalue weighted by Gasteiger charge is 2.08. The lowest BCUT2D eigenvalue weighted by atomic mass is 10.1. The van der Waals surface area contributed by atoms with Crippen molar-refractivity contribution in [2.75, 3.05) is 6.54 Å².